The summed E-state index contributed by atoms with van der Waals surface area (Å²) in [5.41, 5.74) is 0.0910. The maximum absolute atomic E-state index is 5.05. The first-order chi connectivity index (χ1) is 2.56. The summed E-state index contributed by atoms with van der Waals surface area (Å²) in [6.45, 7) is 6.15. The van der Waals surface area contributed by atoms with Gasteiger partial charge in [0, 0.05) is 0 Å². The van der Waals surface area contributed by atoms with E-state index in [4.69, 9.17) is 3.24 Å². The number of hydrogen-bond donors (Lipinski definition) is 0. The van der Waals surface area contributed by atoms with Crippen molar-refractivity contribution >= 4 is 0 Å². The quantitative estimate of drug-likeness (QED) is 0.632. The van der Waals surface area contributed by atoms with E-state index < -0.39 is 0 Å². The normalized spacial score (nSPS) is 11.8. The third kappa shape index (κ3) is 4.70. The summed E-state index contributed by atoms with van der Waals surface area (Å²) in [5, 5.41) is 0. The van der Waals surface area contributed by atoms with Crippen LogP contribution in [0.4, 0.5) is 0 Å². The monoisotopic (exact) mass is 254 g/mol. The first-order valence-corrected chi connectivity index (χ1v) is 3.20. The molecule has 0 aromatic heterocycles. The van der Waals surface area contributed by atoms with E-state index in [-0.39, 0.29) is 5.60 Å². The molecule has 0 fully saturated rings. The van der Waals surface area contributed by atoms with Crippen molar-refractivity contribution in [2.24, 2.45) is 0 Å². The molecule has 0 aliphatic carbocycles. The van der Waals surface area contributed by atoms with E-state index >= 15 is 0 Å². The Kier molecular flexibility index (Phi) is 2.37. The summed E-state index contributed by atoms with van der Waals surface area (Å²) in [6.07, 6.45) is 0. The van der Waals surface area contributed by atoms with Gasteiger partial charge in [0.05, 0.1) is 0 Å². The standard InChI is InChI=1S/C4H9O.Ta/c1-4(2,3)5;/h1-3H3;/q-1;+1. The fraction of sp³-hybridized carbons (Fsp3) is 1.00. The summed E-state index contributed by atoms with van der Waals surface area (Å²) in [7, 11) is 0. The molecule has 0 amide bonds. The van der Waals surface area contributed by atoms with E-state index in [1.807, 2.05) is 20.8 Å². The van der Waals surface area contributed by atoms with Crippen LogP contribution < -0.4 is 0 Å². The van der Waals surface area contributed by atoms with Crippen molar-refractivity contribution < 1.29 is 24.7 Å². The van der Waals surface area contributed by atoms with Crippen molar-refractivity contribution in [1.82, 2.24) is 0 Å². The summed E-state index contributed by atoms with van der Waals surface area (Å²) in [4.78, 5) is 0. The van der Waals surface area contributed by atoms with Gasteiger partial charge < -0.3 is 0 Å². The van der Waals surface area contributed by atoms with Crippen LogP contribution in [-0.4, -0.2) is 5.60 Å². The molecule has 36 valence electrons. The zero-order valence-electron chi connectivity index (χ0n) is 4.36. The molecule has 0 radical (unpaired) electrons. The Bertz CT molecular complexity index is 37.3. The fourth-order valence-corrected chi connectivity index (χ4v) is 0. The van der Waals surface area contributed by atoms with Crippen LogP contribution in [0, 0.1) is 0 Å². The third-order valence-electron chi connectivity index (χ3n) is 0.274. The van der Waals surface area contributed by atoms with E-state index in [1.165, 1.54) is 0 Å². The topological polar surface area (TPSA) is 9.23 Å². The van der Waals surface area contributed by atoms with Crippen LogP contribution >= 0.6 is 0 Å². The van der Waals surface area contributed by atoms with Gasteiger partial charge in [-0.15, -0.1) is 0 Å². The molecule has 0 heterocycles. The van der Waals surface area contributed by atoms with Crippen molar-refractivity contribution in [2.75, 3.05) is 0 Å². The average Bonchev–Trinajstić information content (AvgIpc) is 1.35. The molecule has 1 nitrogen and oxygen atoms in total. The SMILES string of the molecule is CC(C)(C)[O][Ta]. The Morgan fingerprint density at radius 2 is 1.50 bits per heavy atom. The maximum atomic E-state index is 5.05. The summed E-state index contributed by atoms with van der Waals surface area (Å²) in [6, 6.07) is 0. The second-order valence-corrected chi connectivity index (χ2v) is 2.86. The molecule has 0 rings (SSSR count). The van der Waals surface area contributed by atoms with Crippen LogP contribution in [-0.2, 0) is 24.7 Å². The van der Waals surface area contributed by atoms with Crippen molar-refractivity contribution in [3.05, 3.63) is 0 Å². The van der Waals surface area contributed by atoms with E-state index in [0.717, 1.165) is 21.5 Å². The van der Waals surface area contributed by atoms with Gasteiger partial charge >= 0.3 is 51.1 Å². The molecule has 0 N–H and O–H groups in total. The van der Waals surface area contributed by atoms with E-state index in [2.05, 4.69) is 0 Å². The van der Waals surface area contributed by atoms with Gasteiger partial charge in [-0.25, -0.2) is 0 Å². The number of hydrogen-bond acceptors (Lipinski definition) is 1. The molecule has 0 saturated carbocycles. The Morgan fingerprint density at radius 1 is 1.33 bits per heavy atom. The van der Waals surface area contributed by atoms with Crippen LogP contribution in [0.25, 0.3) is 0 Å². The first kappa shape index (κ1) is 6.70. The Morgan fingerprint density at radius 3 is 1.50 bits per heavy atom. The van der Waals surface area contributed by atoms with Crippen molar-refractivity contribution in [2.45, 2.75) is 26.4 Å². The van der Waals surface area contributed by atoms with Gasteiger partial charge in [-0.05, 0) is 0 Å². The van der Waals surface area contributed by atoms with E-state index in [9.17, 15) is 0 Å². The van der Waals surface area contributed by atoms with E-state index in [0.29, 0.717) is 0 Å². The molecule has 0 bridgehead atoms. The van der Waals surface area contributed by atoms with Gasteiger partial charge in [-0.3, -0.25) is 0 Å². The molecular formula is C4H9OTa. The van der Waals surface area contributed by atoms with Gasteiger partial charge in [0.2, 0.25) is 0 Å². The van der Waals surface area contributed by atoms with Crippen LogP contribution in [0.1, 0.15) is 20.8 Å². The zero-order valence-corrected chi connectivity index (χ0v) is 7.57. The number of rotatable bonds is 0. The molecule has 6 heavy (non-hydrogen) atoms. The Hall–Kier alpha value is 0.700. The summed E-state index contributed by atoms with van der Waals surface area (Å²) >= 11 is 1.02. The zero-order chi connectivity index (χ0) is 5.21. The van der Waals surface area contributed by atoms with E-state index in [1.54, 1.807) is 0 Å². The predicted octanol–water partition coefficient (Wildman–Crippen LogP) is 1.26. The van der Waals surface area contributed by atoms with Gasteiger partial charge in [0.1, 0.15) is 0 Å². The average molecular weight is 254 g/mol. The van der Waals surface area contributed by atoms with Crippen LogP contribution in [0.3, 0.4) is 0 Å². The molecule has 0 unspecified atom stereocenters. The molecule has 0 aliphatic heterocycles. The molecule has 0 atom stereocenters. The second kappa shape index (κ2) is 2.12. The molecule has 0 saturated heterocycles. The summed E-state index contributed by atoms with van der Waals surface area (Å²) in [5.74, 6) is 0. The van der Waals surface area contributed by atoms with Gasteiger partial charge in [-0.1, -0.05) is 0 Å². The molecule has 0 spiro atoms. The van der Waals surface area contributed by atoms with Gasteiger partial charge in [0.15, 0.2) is 0 Å². The minimum absolute atomic E-state index is 0.0910. The first-order valence-electron chi connectivity index (χ1n) is 1.89. The molecule has 0 aromatic rings. The predicted molar refractivity (Wildman–Crippen MR) is 20.8 cm³/mol. The minimum atomic E-state index is 0.0910. The van der Waals surface area contributed by atoms with Crippen LogP contribution in [0.5, 0.6) is 0 Å². The van der Waals surface area contributed by atoms with Crippen molar-refractivity contribution in [3.8, 4) is 0 Å². The van der Waals surface area contributed by atoms with Gasteiger partial charge in [0.25, 0.3) is 0 Å². The Balaban J connectivity index is 3.17. The van der Waals surface area contributed by atoms with Crippen LogP contribution in [0.2, 0.25) is 0 Å². The molecule has 0 aromatic carbocycles. The van der Waals surface area contributed by atoms with Crippen molar-refractivity contribution in [1.29, 1.82) is 0 Å². The van der Waals surface area contributed by atoms with Crippen molar-refractivity contribution in [3.63, 3.8) is 0 Å². The van der Waals surface area contributed by atoms with Crippen LogP contribution in [0.15, 0.2) is 0 Å². The molecule has 2 heteroatoms. The Labute approximate surface area is 51.5 Å². The summed E-state index contributed by atoms with van der Waals surface area (Å²) < 4.78 is 5.05. The van der Waals surface area contributed by atoms with Gasteiger partial charge in [-0.2, -0.15) is 0 Å². The fourth-order valence-electron chi connectivity index (χ4n) is 0. The molecular weight excluding hydrogens is 245 g/mol. The second-order valence-electron chi connectivity index (χ2n) is 2.20. The molecule has 0 aliphatic rings. The third-order valence-corrected chi connectivity index (χ3v) is 2.24.